The van der Waals surface area contributed by atoms with Crippen molar-refractivity contribution in [1.29, 1.82) is 0 Å². The summed E-state index contributed by atoms with van der Waals surface area (Å²) in [5.74, 6) is -1.02. The van der Waals surface area contributed by atoms with Gasteiger partial charge in [0.05, 0.1) is 18.8 Å². The number of carbonyl (C=O) groups excluding carboxylic acids is 1. The molecular weight excluding hydrogens is 250 g/mol. The van der Waals surface area contributed by atoms with E-state index in [2.05, 4.69) is 5.10 Å². The summed E-state index contributed by atoms with van der Waals surface area (Å²) in [6, 6.07) is 0.832. The quantitative estimate of drug-likeness (QED) is 0.828. The number of rotatable bonds is 1. The first-order valence-electron chi connectivity index (χ1n) is 6.01. The zero-order valence-corrected chi connectivity index (χ0v) is 11.2. The van der Waals surface area contributed by atoms with Gasteiger partial charge in [0.2, 0.25) is 0 Å². The van der Waals surface area contributed by atoms with E-state index in [1.807, 2.05) is 0 Å². The summed E-state index contributed by atoms with van der Waals surface area (Å²) < 4.78 is 6.69. The van der Waals surface area contributed by atoms with Crippen LogP contribution in [0.4, 0.5) is 4.79 Å². The van der Waals surface area contributed by atoms with Gasteiger partial charge in [0.1, 0.15) is 5.60 Å². The number of carboxylic acids is 1. The van der Waals surface area contributed by atoms with Crippen LogP contribution in [-0.4, -0.2) is 44.0 Å². The van der Waals surface area contributed by atoms with Gasteiger partial charge in [0.25, 0.3) is 0 Å². The van der Waals surface area contributed by atoms with Crippen molar-refractivity contribution in [1.82, 2.24) is 14.7 Å². The lowest BCUT2D eigenvalue weighted by atomic mass is 10.2. The second-order valence-corrected chi connectivity index (χ2v) is 5.48. The highest BCUT2D eigenvalue weighted by Gasteiger charge is 2.34. The van der Waals surface area contributed by atoms with E-state index in [0.717, 1.165) is 0 Å². The summed E-state index contributed by atoms with van der Waals surface area (Å²) in [4.78, 5) is 24.6. The summed E-state index contributed by atoms with van der Waals surface area (Å²) >= 11 is 0. The van der Waals surface area contributed by atoms with Gasteiger partial charge in [-0.3, -0.25) is 9.58 Å². The normalized spacial score (nSPS) is 18.9. The van der Waals surface area contributed by atoms with Crippen LogP contribution in [0.5, 0.6) is 0 Å². The number of ether oxygens (including phenoxy) is 1. The monoisotopic (exact) mass is 267 g/mol. The predicted molar refractivity (Wildman–Crippen MR) is 65.5 cm³/mol. The van der Waals surface area contributed by atoms with Crippen LogP contribution in [0.2, 0.25) is 0 Å². The summed E-state index contributed by atoms with van der Waals surface area (Å²) in [6.45, 7) is 5.67. The Balaban J connectivity index is 2.19. The molecule has 0 saturated carbocycles. The van der Waals surface area contributed by atoms with Crippen molar-refractivity contribution < 1.29 is 19.4 Å². The molecule has 104 valence electrons. The van der Waals surface area contributed by atoms with Crippen molar-refractivity contribution in [3.63, 3.8) is 0 Å². The predicted octanol–water partition coefficient (Wildman–Crippen LogP) is 1.26. The molecule has 2 rings (SSSR count). The first kappa shape index (κ1) is 13.4. The van der Waals surface area contributed by atoms with Gasteiger partial charge in [0.15, 0.2) is 6.04 Å². The Hall–Kier alpha value is -2.05. The largest absolute Gasteiger partial charge is 0.480 e. The number of carbonyl (C=O) groups is 2. The van der Waals surface area contributed by atoms with E-state index in [9.17, 15) is 14.7 Å². The smallest absolute Gasteiger partial charge is 0.410 e. The fourth-order valence-electron chi connectivity index (χ4n) is 1.94. The van der Waals surface area contributed by atoms with E-state index in [0.29, 0.717) is 12.2 Å². The molecule has 0 aromatic carbocycles. The molecule has 0 bridgehead atoms. The van der Waals surface area contributed by atoms with Crippen molar-refractivity contribution in [3.8, 4) is 0 Å². The summed E-state index contributed by atoms with van der Waals surface area (Å²) in [5, 5.41) is 13.2. The SMILES string of the molecule is CC(C)(C)OC(=O)N1Cc2ccnn2[C@@H](C(=O)O)C1. The molecule has 0 aliphatic carbocycles. The molecule has 0 radical (unpaired) electrons. The van der Waals surface area contributed by atoms with Gasteiger partial charge in [-0.2, -0.15) is 5.10 Å². The second-order valence-electron chi connectivity index (χ2n) is 5.48. The molecule has 1 aromatic rings. The molecule has 2 heterocycles. The van der Waals surface area contributed by atoms with Gasteiger partial charge < -0.3 is 9.84 Å². The van der Waals surface area contributed by atoms with E-state index in [4.69, 9.17) is 4.74 Å². The molecule has 7 nitrogen and oxygen atoms in total. The number of carboxylic acid groups (broad SMARTS) is 1. The summed E-state index contributed by atoms with van der Waals surface area (Å²) in [7, 11) is 0. The molecule has 7 heteroatoms. The van der Waals surface area contributed by atoms with Gasteiger partial charge in [-0.15, -0.1) is 0 Å². The molecule has 1 atom stereocenters. The molecular formula is C12H17N3O4. The van der Waals surface area contributed by atoms with Crippen LogP contribution < -0.4 is 0 Å². The number of nitrogens with zero attached hydrogens (tertiary/aromatic N) is 3. The zero-order valence-electron chi connectivity index (χ0n) is 11.2. The van der Waals surface area contributed by atoms with Crippen LogP contribution in [0.25, 0.3) is 0 Å². The molecule has 1 aliphatic rings. The van der Waals surface area contributed by atoms with E-state index in [-0.39, 0.29) is 6.54 Å². The standard InChI is InChI=1S/C12H17N3O4/c1-12(2,3)19-11(18)14-6-8-4-5-13-15(8)9(7-14)10(16)17/h4-5,9H,6-7H2,1-3H3,(H,16,17)/t9-/m1/s1. The lowest BCUT2D eigenvalue weighted by Crippen LogP contribution is -2.45. The van der Waals surface area contributed by atoms with Crippen LogP contribution in [-0.2, 0) is 16.1 Å². The van der Waals surface area contributed by atoms with E-state index in [1.54, 1.807) is 26.8 Å². The van der Waals surface area contributed by atoms with Gasteiger partial charge in [-0.05, 0) is 26.8 Å². The van der Waals surface area contributed by atoms with E-state index in [1.165, 1.54) is 15.8 Å². The number of hydrogen-bond donors (Lipinski definition) is 1. The van der Waals surface area contributed by atoms with E-state index >= 15 is 0 Å². The molecule has 1 aromatic heterocycles. The summed E-state index contributed by atoms with van der Waals surface area (Å²) in [5.41, 5.74) is 0.0811. The molecule has 0 spiro atoms. The second kappa shape index (κ2) is 4.56. The molecule has 0 unspecified atom stereocenters. The van der Waals surface area contributed by atoms with Crippen LogP contribution in [0, 0.1) is 0 Å². The molecule has 19 heavy (non-hydrogen) atoms. The highest BCUT2D eigenvalue weighted by atomic mass is 16.6. The van der Waals surface area contributed by atoms with Crippen molar-refractivity contribution in [3.05, 3.63) is 18.0 Å². The zero-order chi connectivity index (χ0) is 14.2. The Morgan fingerprint density at radius 3 is 2.74 bits per heavy atom. The lowest BCUT2D eigenvalue weighted by Gasteiger charge is -2.33. The molecule has 1 aliphatic heterocycles. The maximum Gasteiger partial charge on any atom is 0.410 e. The van der Waals surface area contributed by atoms with Crippen molar-refractivity contribution in [2.75, 3.05) is 6.54 Å². The highest BCUT2D eigenvalue weighted by Crippen LogP contribution is 2.22. The fourth-order valence-corrected chi connectivity index (χ4v) is 1.94. The van der Waals surface area contributed by atoms with Crippen molar-refractivity contribution in [2.24, 2.45) is 0 Å². The van der Waals surface area contributed by atoms with Gasteiger partial charge in [-0.25, -0.2) is 9.59 Å². The Morgan fingerprint density at radius 2 is 2.16 bits per heavy atom. The van der Waals surface area contributed by atoms with Crippen LogP contribution >= 0.6 is 0 Å². The lowest BCUT2D eigenvalue weighted by molar-refractivity contribution is -0.142. The fraction of sp³-hybridized carbons (Fsp3) is 0.583. The molecule has 1 N–H and O–H groups in total. The Morgan fingerprint density at radius 1 is 1.47 bits per heavy atom. The van der Waals surface area contributed by atoms with E-state index < -0.39 is 23.7 Å². The third-order valence-electron chi connectivity index (χ3n) is 2.73. The topological polar surface area (TPSA) is 84.7 Å². The number of aliphatic carboxylic acids is 1. The summed E-state index contributed by atoms with van der Waals surface area (Å²) in [6.07, 6.45) is 1.02. The first-order valence-corrected chi connectivity index (χ1v) is 6.01. The minimum absolute atomic E-state index is 0.0545. The average Bonchev–Trinajstić information content (AvgIpc) is 2.72. The van der Waals surface area contributed by atoms with Crippen LogP contribution in [0.15, 0.2) is 12.3 Å². The average molecular weight is 267 g/mol. The van der Waals surface area contributed by atoms with Gasteiger partial charge in [-0.1, -0.05) is 0 Å². The highest BCUT2D eigenvalue weighted by molar-refractivity contribution is 5.75. The Labute approximate surface area is 110 Å². The van der Waals surface area contributed by atoms with Crippen molar-refractivity contribution >= 4 is 12.1 Å². The molecule has 1 amide bonds. The minimum Gasteiger partial charge on any atom is -0.480 e. The maximum absolute atomic E-state index is 12.0. The Kier molecular flexibility index (Phi) is 3.21. The number of fused-ring (bicyclic) bond motifs is 1. The van der Waals surface area contributed by atoms with Gasteiger partial charge >= 0.3 is 12.1 Å². The maximum atomic E-state index is 12.0. The molecule has 0 fully saturated rings. The minimum atomic E-state index is -1.02. The third kappa shape index (κ3) is 2.86. The van der Waals surface area contributed by atoms with Crippen molar-refractivity contribution in [2.45, 2.75) is 39.0 Å². The van der Waals surface area contributed by atoms with Gasteiger partial charge in [0, 0.05) is 6.20 Å². The Bertz CT molecular complexity index is 503. The number of hydrogen-bond acceptors (Lipinski definition) is 4. The molecule has 0 saturated heterocycles. The number of aromatic nitrogens is 2. The first-order chi connectivity index (χ1) is 8.78. The number of amides is 1. The van der Waals surface area contributed by atoms with Crippen LogP contribution in [0.3, 0.4) is 0 Å². The third-order valence-corrected chi connectivity index (χ3v) is 2.73. The van der Waals surface area contributed by atoms with Crippen LogP contribution in [0.1, 0.15) is 32.5 Å².